The molecule has 4 heteroatoms. The molecule has 0 aliphatic carbocycles. The van der Waals surface area contributed by atoms with Gasteiger partial charge in [-0.1, -0.05) is 26.7 Å². The highest BCUT2D eigenvalue weighted by Gasteiger charge is 2.01. The van der Waals surface area contributed by atoms with E-state index in [2.05, 4.69) is 12.2 Å². The van der Waals surface area contributed by atoms with Gasteiger partial charge in [-0.25, -0.2) is 0 Å². The lowest BCUT2D eigenvalue weighted by atomic mass is 10.2. The van der Waals surface area contributed by atoms with Crippen molar-refractivity contribution in [2.45, 2.75) is 46.0 Å². The normalized spacial score (nSPS) is 9.73. The first kappa shape index (κ1) is 13.9. The summed E-state index contributed by atoms with van der Waals surface area (Å²) in [6.45, 7) is 4.52. The molecule has 0 aromatic heterocycles. The summed E-state index contributed by atoms with van der Waals surface area (Å²) in [5, 5.41) is 2.70. The summed E-state index contributed by atoms with van der Waals surface area (Å²) in [7, 11) is 0. The van der Waals surface area contributed by atoms with Crippen molar-refractivity contribution in [3.63, 3.8) is 0 Å². The first-order valence-electron chi connectivity index (χ1n) is 5.63. The molecule has 0 bridgehead atoms. The van der Waals surface area contributed by atoms with Crippen LogP contribution in [-0.2, 0) is 14.3 Å². The van der Waals surface area contributed by atoms with E-state index in [0.29, 0.717) is 19.4 Å². The minimum Gasteiger partial charge on any atom is -0.464 e. The molecule has 0 aliphatic heterocycles. The van der Waals surface area contributed by atoms with Crippen LogP contribution in [0.3, 0.4) is 0 Å². The van der Waals surface area contributed by atoms with Crippen LogP contribution in [0.5, 0.6) is 0 Å². The van der Waals surface area contributed by atoms with Crippen LogP contribution < -0.4 is 5.32 Å². The molecule has 0 aliphatic rings. The van der Waals surface area contributed by atoms with Crippen LogP contribution in [0.4, 0.5) is 0 Å². The fourth-order valence-corrected chi connectivity index (χ4v) is 1.08. The molecule has 0 radical (unpaired) electrons. The van der Waals surface area contributed by atoms with Crippen molar-refractivity contribution in [3.8, 4) is 0 Å². The second kappa shape index (κ2) is 9.49. The van der Waals surface area contributed by atoms with E-state index in [1.165, 1.54) is 0 Å². The standard InChI is InChI=1S/C11H21NO3/c1-3-5-6-7-10(13)12-8-9-15-11(14)4-2/h3-9H2,1-2H3,(H,12,13). The number of hydrogen-bond acceptors (Lipinski definition) is 3. The number of amides is 1. The lowest BCUT2D eigenvalue weighted by Gasteiger charge is -2.05. The molecule has 0 heterocycles. The first-order chi connectivity index (χ1) is 7.20. The number of ether oxygens (including phenoxy) is 1. The van der Waals surface area contributed by atoms with Crippen LogP contribution >= 0.6 is 0 Å². The minimum atomic E-state index is -0.227. The Morgan fingerprint density at radius 2 is 1.93 bits per heavy atom. The second-order valence-electron chi connectivity index (χ2n) is 3.38. The average molecular weight is 215 g/mol. The number of unbranched alkanes of at least 4 members (excludes halogenated alkanes) is 2. The van der Waals surface area contributed by atoms with E-state index >= 15 is 0 Å². The fraction of sp³-hybridized carbons (Fsp3) is 0.818. The zero-order valence-corrected chi connectivity index (χ0v) is 9.67. The lowest BCUT2D eigenvalue weighted by Crippen LogP contribution is -2.27. The van der Waals surface area contributed by atoms with E-state index in [-0.39, 0.29) is 18.5 Å². The zero-order valence-electron chi connectivity index (χ0n) is 9.67. The van der Waals surface area contributed by atoms with Gasteiger partial charge in [-0.3, -0.25) is 9.59 Å². The average Bonchev–Trinajstić information content (AvgIpc) is 2.24. The highest BCUT2D eigenvalue weighted by atomic mass is 16.5. The molecule has 0 fully saturated rings. The predicted octanol–water partition coefficient (Wildman–Crippen LogP) is 1.64. The third-order valence-corrected chi connectivity index (χ3v) is 1.98. The maximum atomic E-state index is 11.2. The summed E-state index contributed by atoms with van der Waals surface area (Å²) < 4.78 is 4.81. The van der Waals surface area contributed by atoms with Gasteiger partial charge in [0, 0.05) is 12.8 Å². The van der Waals surface area contributed by atoms with E-state index in [9.17, 15) is 9.59 Å². The fourth-order valence-electron chi connectivity index (χ4n) is 1.08. The summed E-state index contributed by atoms with van der Waals surface area (Å²) in [5.74, 6) is -0.189. The maximum Gasteiger partial charge on any atom is 0.305 e. The predicted molar refractivity (Wildman–Crippen MR) is 58.4 cm³/mol. The number of rotatable bonds is 8. The lowest BCUT2D eigenvalue weighted by molar-refractivity contribution is -0.143. The topological polar surface area (TPSA) is 55.4 Å². The van der Waals surface area contributed by atoms with E-state index in [0.717, 1.165) is 19.3 Å². The minimum absolute atomic E-state index is 0.0380. The van der Waals surface area contributed by atoms with Gasteiger partial charge in [0.1, 0.15) is 6.61 Å². The van der Waals surface area contributed by atoms with Crippen molar-refractivity contribution < 1.29 is 14.3 Å². The molecule has 88 valence electrons. The molecule has 0 aromatic carbocycles. The van der Waals surface area contributed by atoms with Gasteiger partial charge < -0.3 is 10.1 Å². The van der Waals surface area contributed by atoms with Crippen molar-refractivity contribution in [1.29, 1.82) is 0 Å². The van der Waals surface area contributed by atoms with Gasteiger partial charge in [-0.2, -0.15) is 0 Å². The molecule has 1 amide bonds. The van der Waals surface area contributed by atoms with Crippen molar-refractivity contribution in [2.75, 3.05) is 13.2 Å². The van der Waals surface area contributed by atoms with E-state index in [1.807, 2.05) is 0 Å². The van der Waals surface area contributed by atoms with Crippen LogP contribution in [0.15, 0.2) is 0 Å². The molecule has 1 N–H and O–H groups in total. The number of carbonyl (C=O) groups excluding carboxylic acids is 2. The quantitative estimate of drug-likeness (QED) is 0.494. The van der Waals surface area contributed by atoms with Crippen LogP contribution in [0.25, 0.3) is 0 Å². The van der Waals surface area contributed by atoms with Gasteiger partial charge in [0.05, 0.1) is 6.54 Å². The molecule has 0 saturated carbocycles. The Balaban J connectivity index is 3.27. The molecular formula is C11H21NO3. The highest BCUT2D eigenvalue weighted by molar-refractivity contribution is 5.75. The van der Waals surface area contributed by atoms with Crippen LogP contribution in [0.1, 0.15) is 46.0 Å². The summed E-state index contributed by atoms with van der Waals surface area (Å²) >= 11 is 0. The van der Waals surface area contributed by atoms with E-state index < -0.39 is 0 Å². The monoisotopic (exact) mass is 215 g/mol. The SMILES string of the molecule is CCCCCC(=O)NCCOC(=O)CC. The van der Waals surface area contributed by atoms with Crippen molar-refractivity contribution >= 4 is 11.9 Å². The van der Waals surface area contributed by atoms with E-state index in [4.69, 9.17) is 4.74 Å². The third-order valence-electron chi connectivity index (χ3n) is 1.98. The first-order valence-corrected chi connectivity index (χ1v) is 5.63. The van der Waals surface area contributed by atoms with Crippen LogP contribution in [-0.4, -0.2) is 25.0 Å². The summed E-state index contributed by atoms with van der Waals surface area (Å²) in [4.78, 5) is 21.9. The number of carbonyl (C=O) groups is 2. The largest absolute Gasteiger partial charge is 0.464 e. The molecule has 0 atom stereocenters. The molecule has 0 spiro atoms. The smallest absolute Gasteiger partial charge is 0.305 e. The van der Waals surface area contributed by atoms with Gasteiger partial charge in [-0.15, -0.1) is 0 Å². The molecular weight excluding hydrogens is 194 g/mol. The van der Waals surface area contributed by atoms with Crippen molar-refractivity contribution in [1.82, 2.24) is 5.32 Å². The number of hydrogen-bond donors (Lipinski definition) is 1. The maximum absolute atomic E-state index is 11.2. The van der Waals surface area contributed by atoms with Crippen LogP contribution in [0.2, 0.25) is 0 Å². The third kappa shape index (κ3) is 9.25. The van der Waals surface area contributed by atoms with Gasteiger partial charge in [-0.05, 0) is 6.42 Å². The Bertz CT molecular complexity index is 192. The van der Waals surface area contributed by atoms with Crippen molar-refractivity contribution in [2.24, 2.45) is 0 Å². The molecule has 0 aromatic rings. The number of nitrogens with one attached hydrogen (secondary N) is 1. The molecule has 0 saturated heterocycles. The van der Waals surface area contributed by atoms with Gasteiger partial charge in [0.2, 0.25) is 5.91 Å². The second-order valence-corrected chi connectivity index (χ2v) is 3.38. The van der Waals surface area contributed by atoms with Gasteiger partial charge >= 0.3 is 5.97 Å². The van der Waals surface area contributed by atoms with Crippen LogP contribution in [0, 0.1) is 0 Å². The Morgan fingerprint density at radius 1 is 1.20 bits per heavy atom. The molecule has 4 nitrogen and oxygen atoms in total. The molecule has 0 rings (SSSR count). The van der Waals surface area contributed by atoms with Crippen molar-refractivity contribution in [3.05, 3.63) is 0 Å². The molecule has 15 heavy (non-hydrogen) atoms. The summed E-state index contributed by atoms with van der Waals surface area (Å²) in [6, 6.07) is 0. The Kier molecular flexibility index (Phi) is 8.82. The summed E-state index contributed by atoms with van der Waals surface area (Å²) in [6.07, 6.45) is 4.07. The summed E-state index contributed by atoms with van der Waals surface area (Å²) in [5.41, 5.74) is 0. The zero-order chi connectivity index (χ0) is 11.5. The van der Waals surface area contributed by atoms with Gasteiger partial charge in [0.15, 0.2) is 0 Å². The van der Waals surface area contributed by atoms with Gasteiger partial charge in [0.25, 0.3) is 0 Å². The van der Waals surface area contributed by atoms with E-state index in [1.54, 1.807) is 6.92 Å². The highest BCUT2D eigenvalue weighted by Crippen LogP contribution is 1.97. The number of esters is 1. The Morgan fingerprint density at radius 3 is 2.53 bits per heavy atom. The Hall–Kier alpha value is -1.06. The molecule has 0 unspecified atom stereocenters. The Labute approximate surface area is 91.4 Å².